The van der Waals surface area contributed by atoms with Gasteiger partial charge in [-0.15, -0.1) is 0 Å². The van der Waals surface area contributed by atoms with Crippen molar-refractivity contribution in [2.75, 3.05) is 19.5 Å². The third kappa shape index (κ3) is 4.71. The van der Waals surface area contributed by atoms with Gasteiger partial charge < -0.3 is 21.1 Å². The number of rotatable bonds is 6. The summed E-state index contributed by atoms with van der Waals surface area (Å²) in [6.45, 7) is 0. The zero-order valence-electron chi connectivity index (χ0n) is 14.4. The number of hydrogen-bond donors (Lipinski definition) is 3. The molecule has 0 spiro atoms. The van der Waals surface area contributed by atoms with Crippen LogP contribution in [0.4, 0.5) is 5.69 Å². The minimum atomic E-state index is -0.554. The quantitative estimate of drug-likeness (QED) is 0.744. The minimum absolute atomic E-state index is 0.223. The Kier molecular flexibility index (Phi) is 6.61. The molecular formula is C18H27N3O3. The fourth-order valence-corrected chi connectivity index (χ4v) is 3.21. The number of ether oxygens (including phenoxy) is 1. The van der Waals surface area contributed by atoms with E-state index in [0.29, 0.717) is 29.3 Å². The van der Waals surface area contributed by atoms with Gasteiger partial charge in [0.25, 0.3) is 5.91 Å². The fraction of sp³-hybridized carbons (Fsp3) is 0.556. The van der Waals surface area contributed by atoms with E-state index < -0.39 is 6.04 Å². The zero-order chi connectivity index (χ0) is 17.5. The van der Waals surface area contributed by atoms with Gasteiger partial charge in [0.05, 0.1) is 18.8 Å². The van der Waals surface area contributed by atoms with E-state index in [9.17, 15) is 9.59 Å². The highest BCUT2D eigenvalue weighted by Gasteiger charge is 2.22. The maximum absolute atomic E-state index is 12.4. The second-order valence-electron chi connectivity index (χ2n) is 6.33. The molecule has 0 saturated heterocycles. The van der Waals surface area contributed by atoms with Crippen LogP contribution in [0.1, 0.15) is 48.9 Å². The number of hydrogen-bond acceptors (Lipinski definition) is 4. The summed E-state index contributed by atoms with van der Waals surface area (Å²) < 4.78 is 5.26. The Hall–Kier alpha value is -2.08. The summed E-state index contributed by atoms with van der Waals surface area (Å²) in [5.74, 6) is 0.562. The first-order chi connectivity index (χ1) is 11.5. The molecule has 0 aliphatic heterocycles. The fourth-order valence-electron chi connectivity index (χ4n) is 3.21. The molecule has 1 saturated carbocycles. The molecule has 0 unspecified atom stereocenters. The normalized spacial score (nSPS) is 16.3. The Morgan fingerprint density at radius 1 is 1.29 bits per heavy atom. The summed E-state index contributed by atoms with van der Waals surface area (Å²) in [4.78, 5) is 24.2. The predicted octanol–water partition coefficient (Wildman–Crippen LogP) is 2.29. The molecule has 0 heterocycles. The highest BCUT2D eigenvalue weighted by molar-refractivity contribution is 5.99. The van der Waals surface area contributed by atoms with Crippen molar-refractivity contribution in [2.45, 2.75) is 44.6 Å². The van der Waals surface area contributed by atoms with Gasteiger partial charge in [0.2, 0.25) is 5.91 Å². The second-order valence-corrected chi connectivity index (χ2v) is 6.33. The van der Waals surface area contributed by atoms with E-state index in [1.54, 1.807) is 25.2 Å². The molecule has 1 atom stereocenters. The number of methoxy groups -OCH3 is 1. The lowest BCUT2D eigenvalue weighted by Crippen LogP contribution is -2.37. The standard InChI is InChI=1S/C18H27N3O3/c1-20-17(22)13-8-9-16(24-2)15(11-13)21-18(23)14(19)10-12-6-4-3-5-7-12/h8-9,11-12,14H,3-7,10,19H2,1-2H3,(H,20,22)(H,21,23)/t14-/m0/s1. The highest BCUT2D eigenvalue weighted by Crippen LogP contribution is 2.28. The molecule has 0 radical (unpaired) electrons. The van der Waals surface area contributed by atoms with E-state index >= 15 is 0 Å². The van der Waals surface area contributed by atoms with Crippen molar-refractivity contribution in [3.63, 3.8) is 0 Å². The molecule has 6 nitrogen and oxygen atoms in total. The van der Waals surface area contributed by atoms with Crippen LogP contribution in [0.3, 0.4) is 0 Å². The van der Waals surface area contributed by atoms with E-state index in [4.69, 9.17) is 10.5 Å². The maximum atomic E-state index is 12.4. The number of nitrogens with two attached hydrogens (primary N) is 1. The van der Waals surface area contributed by atoms with Gasteiger partial charge in [-0.1, -0.05) is 32.1 Å². The van der Waals surface area contributed by atoms with Gasteiger partial charge in [0.1, 0.15) is 5.75 Å². The molecule has 1 aromatic rings. The molecule has 132 valence electrons. The average Bonchev–Trinajstić information content (AvgIpc) is 2.61. The van der Waals surface area contributed by atoms with E-state index in [0.717, 1.165) is 12.8 Å². The van der Waals surface area contributed by atoms with Crippen molar-refractivity contribution in [3.8, 4) is 5.75 Å². The topological polar surface area (TPSA) is 93.5 Å². The van der Waals surface area contributed by atoms with Gasteiger partial charge in [-0.25, -0.2) is 0 Å². The monoisotopic (exact) mass is 333 g/mol. The summed E-state index contributed by atoms with van der Waals surface area (Å²) in [6.07, 6.45) is 6.72. The van der Waals surface area contributed by atoms with Gasteiger partial charge in [-0.3, -0.25) is 9.59 Å². The highest BCUT2D eigenvalue weighted by atomic mass is 16.5. The van der Waals surface area contributed by atoms with Gasteiger partial charge in [0, 0.05) is 12.6 Å². The molecule has 0 aromatic heterocycles. The third-order valence-corrected chi connectivity index (χ3v) is 4.60. The molecule has 24 heavy (non-hydrogen) atoms. The molecule has 1 aliphatic carbocycles. The Labute approximate surface area is 143 Å². The van der Waals surface area contributed by atoms with Crippen molar-refractivity contribution < 1.29 is 14.3 Å². The Morgan fingerprint density at radius 2 is 2.00 bits per heavy atom. The van der Waals surface area contributed by atoms with Crippen molar-refractivity contribution in [3.05, 3.63) is 23.8 Å². The summed E-state index contributed by atoms with van der Waals surface area (Å²) in [6, 6.07) is 4.35. The predicted molar refractivity (Wildman–Crippen MR) is 94.2 cm³/mol. The molecule has 1 aliphatic rings. The summed E-state index contributed by atoms with van der Waals surface area (Å²) in [5, 5.41) is 5.36. The van der Waals surface area contributed by atoms with Crippen LogP contribution >= 0.6 is 0 Å². The van der Waals surface area contributed by atoms with Crippen molar-refractivity contribution in [1.82, 2.24) is 5.32 Å². The first-order valence-corrected chi connectivity index (χ1v) is 8.51. The molecule has 2 rings (SSSR count). The Morgan fingerprint density at radius 3 is 2.62 bits per heavy atom. The van der Waals surface area contributed by atoms with Gasteiger partial charge in [-0.05, 0) is 30.5 Å². The number of amides is 2. The summed E-state index contributed by atoms with van der Waals surface area (Å²) in [5.41, 5.74) is 6.99. The maximum Gasteiger partial charge on any atom is 0.251 e. The van der Waals surface area contributed by atoms with Crippen molar-refractivity contribution >= 4 is 17.5 Å². The third-order valence-electron chi connectivity index (χ3n) is 4.60. The average molecular weight is 333 g/mol. The Balaban J connectivity index is 2.04. The summed E-state index contributed by atoms with van der Waals surface area (Å²) >= 11 is 0. The molecule has 4 N–H and O–H groups in total. The molecule has 1 aromatic carbocycles. The lowest BCUT2D eigenvalue weighted by Gasteiger charge is -2.24. The van der Waals surface area contributed by atoms with Crippen LogP contribution < -0.4 is 21.1 Å². The lowest BCUT2D eigenvalue weighted by molar-refractivity contribution is -0.117. The van der Waals surface area contributed by atoms with Gasteiger partial charge in [0.15, 0.2) is 0 Å². The zero-order valence-corrected chi connectivity index (χ0v) is 14.4. The number of carbonyl (C=O) groups excluding carboxylic acids is 2. The lowest BCUT2D eigenvalue weighted by atomic mass is 9.85. The second kappa shape index (κ2) is 8.68. The number of benzene rings is 1. The minimum Gasteiger partial charge on any atom is -0.495 e. The number of nitrogens with one attached hydrogen (secondary N) is 2. The smallest absolute Gasteiger partial charge is 0.251 e. The molecule has 1 fully saturated rings. The molecular weight excluding hydrogens is 306 g/mol. The van der Waals surface area contributed by atoms with E-state index in [1.165, 1.54) is 26.4 Å². The van der Waals surface area contributed by atoms with E-state index in [1.807, 2.05) is 0 Å². The number of anilines is 1. The number of carbonyl (C=O) groups is 2. The summed E-state index contributed by atoms with van der Waals surface area (Å²) in [7, 11) is 3.08. The Bertz CT molecular complexity index is 583. The van der Waals surface area contributed by atoms with Crippen LogP contribution in [-0.2, 0) is 4.79 Å². The van der Waals surface area contributed by atoms with E-state index in [-0.39, 0.29) is 11.8 Å². The van der Waals surface area contributed by atoms with Gasteiger partial charge in [-0.2, -0.15) is 0 Å². The molecule has 2 amide bonds. The van der Waals surface area contributed by atoms with Crippen molar-refractivity contribution in [1.29, 1.82) is 0 Å². The van der Waals surface area contributed by atoms with Crippen LogP contribution in [0.2, 0.25) is 0 Å². The van der Waals surface area contributed by atoms with Crippen LogP contribution in [0.25, 0.3) is 0 Å². The van der Waals surface area contributed by atoms with Crippen molar-refractivity contribution in [2.24, 2.45) is 11.7 Å². The molecule has 0 bridgehead atoms. The SMILES string of the molecule is CNC(=O)c1ccc(OC)c(NC(=O)[C@@H](N)CC2CCCCC2)c1. The van der Waals surface area contributed by atoms with Crippen LogP contribution in [-0.4, -0.2) is 32.0 Å². The largest absolute Gasteiger partial charge is 0.495 e. The van der Waals surface area contributed by atoms with Crippen LogP contribution in [0.5, 0.6) is 5.75 Å². The first-order valence-electron chi connectivity index (χ1n) is 8.51. The molecule has 6 heteroatoms. The first kappa shape index (κ1) is 18.3. The van der Waals surface area contributed by atoms with Crippen LogP contribution in [0.15, 0.2) is 18.2 Å². The van der Waals surface area contributed by atoms with Gasteiger partial charge >= 0.3 is 0 Å². The van der Waals surface area contributed by atoms with Crippen LogP contribution in [0, 0.1) is 5.92 Å². The van der Waals surface area contributed by atoms with E-state index in [2.05, 4.69) is 10.6 Å².